The minimum Gasteiger partial charge on any atom is -0.478 e. The number of aromatic nitrogens is 3. The Kier molecular flexibility index (Phi) is 1.77. The van der Waals surface area contributed by atoms with Crippen LogP contribution in [0.15, 0.2) is 12.4 Å². The molecule has 1 aliphatic rings. The SMILES string of the molecule is Cn1cc2ncc(C(=O)O)c(C3CC3)c2n1. The first-order valence-electron chi connectivity index (χ1n) is 5.22. The first-order chi connectivity index (χ1) is 7.66. The Hall–Kier alpha value is -1.91. The summed E-state index contributed by atoms with van der Waals surface area (Å²) in [5.41, 5.74) is 2.67. The molecule has 1 fully saturated rings. The lowest BCUT2D eigenvalue weighted by Gasteiger charge is -2.03. The highest BCUT2D eigenvalue weighted by molar-refractivity contribution is 5.95. The number of pyridine rings is 1. The molecule has 1 aliphatic carbocycles. The Labute approximate surface area is 91.7 Å². The predicted octanol–water partition coefficient (Wildman–Crippen LogP) is 1.54. The molecular formula is C11H11N3O2. The lowest BCUT2D eigenvalue weighted by atomic mass is 10.0. The monoisotopic (exact) mass is 217 g/mol. The van der Waals surface area contributed by atoms with Gasteiger partial charge in [0.1, 0.15) is 11.0 Å². The first-order valence-corrected chi connectivity index (χ1v) is 5.22. The van der Waals surface area contributed by atoms with Crippen LogP contribution in [0.2, 0.25) is 0 Å². The maximum absolute atomic E-state index is 11.1. The van der Waals surface area contributed by atoms with E-state index in [4.69, 9.17) is 5.11 Å². The molecular weight excluding hydrogens is 206 g/mol. The van der Waals surface area contributed by atoms with Gasteiger partial charge in [-0.05, 0) is 18.8 Å². The van der Waals surface area contributed by atoms with Crippen LogP contribution < -0.4 is 0 Å². The average Bonchev–Trinajstić information content (AvgIpc) is 2.97. The molecule has 5 nitrogen and oxygen atoms in total. The standard InChI is InChI=1S/C11H11N3O2/c1-14-5-8-10(13-14)9(6-2-3-6)7(4-12-8)11(15)16/h4-6H,2-3H2,1H3,(H,15,16). The lowest BCUT2D eigenvalue weighted by Crippen LogP contribution is -2.03. The van der Waals surface area contributed by atoms with E-state index in [9.17, 15) is 4.79 Å². The Bertz CT molecular complexity index is 584. The summed E-state index contributed by atoms with van der Waals surface area (Å²) >= 11 is 0. The number of nitrogens with zero attached hydrogens (tertiary/aromatic N) is 3. The van der Waals surface area contributed by atoms with Gasteiger partial charge in [0.25, 0.3) is 0 Å². The van der Waals surface area contributed by atoms with Gasteiger partial charge in [-0.1, -0.05) is 0 Å². The molecule has 2 aromatic heterocycles. The van der Waals surface area contributed by atoms with Crippen molar-refractivity contribution < 1.29 is 9.90 Å². The topological polar surface area (TPSA) is 68.0 Å². The molecule has 1 saturated carbocycles. The largest absolute Gasteiger partial charge is 0.478 e. The first kappa shape index (κ1) is 9.33. The maximum atomic E-state index is 11.1. The number of rotatable bonds is 2. The van der Waals surface area contributed by atoms with Crippen molar-refractivity contribution in [2.75, 3.05) is 0 Å². The van der Waals surface area contributed by atoms with Gasteiger partial charge in [-0.2, -0.15) is 5.10 Å². The minimum absolute atomic E-state index is 0.300. The molecule has 16 heavy (non-hydrogen) atoms. The van der Waals surface area contributed by atoms with E-state index >= 15 is 0 Å². The van der Waals surface area contributed by atoms with E-state index < -0.39 is 5.97 Å². The summed E-state index contributed by atoms with van der Waals surface area (Å²) in [6.45, 7) is 0. The van der Waals surface area contributed by atoms with Crippen molar-refractivity contribution >= 4 is 17.0 Å². The van der Waals surface area contributed by atoms with Crippen molar-refractivity contribution in [1.29, 1.82) is 0 Å². The van der Waals surface area contributed by atoms with E-state index in [1.807, 2.05) is 13.2 Å². The van der Waals surface area contributed by atoms with Crippen LogP contribution in [0.3, 0.4) is 0 Å². The van der Waals surface area contributed by atoms with E-state index in [1.54, 1.807) is 4.68 Å². The van der Waals surface area contributed by atoms with Gasteiger partial charge in [0.2, 0.25) is 0 Å². The summed E-state index contributed by atoms with van der Waals surface area (Å²) in [4.78, 5) is 15.3. The van der Waals surface area contributed by atoms with E-state index in [0.717, 1.165) is 29.4 Å². The fraction of sp³-hybridized carbons (Fsp3) is 0.364. The van der Waals surface area contributed by atoms with Crippen LogP contribution >= 0.6 is 0 Å². The number of carbonyl (C=O) groups is 1. The number of carboxylic acids is 1. The zero-order valence-corrected chi connectivity index (χ0v) is 8.84. The van der Waals surface area contributed by atoms with Gasteiger partial charge in [-0.3, -0.25) is 9.67 Å². The van der Waals surface area contributed by atoms with Crippen molar-refractivity contribution in [3.8, 4) is 0 Å². The Balaban J connectivity index is 2.34. The van der Waals surface area contributed by atoms with Crippen LogP contribution in [0, 0.1) is 0 Å². The van der Waals surface area contributed by atoms with Crippen LogP contribution in [-0.2, 0) is 7.05 Å². The van der Waals surface area contributed by atoms with Gasteiger partial charge in [0.05, 0.1) is 11.8 Å². The molecule has 1 N–H and O–H groups in total. The van der Waals surface area contributed by atoms with Crippen molar-refractivity contribution in [2.45, 2.75) is 18.8 Å². The highest BCUT2D eigenvalue weighted by atomic mass is 16.4. The predicted molar refractivity (Wildman–Crippen MR) is 57.4 cm³/mol. The van der Waals surface area contributed by atoms with Gasteiger partial charge in [0, 0.05) is 18.8 Å². The van der Waals surface area contributed by atoms with Gasteiger partial charge in [0.15, 0.2) is 0 Å². The molecule has 0 atom stereocenters. The zero-order chi connectivity index (χ0) is 11.3. The Morgan fingerprint density at radius 3 is 2.94 bits per heavy atom. The zero-order valence-electron chi connectivity index (χ0n) is 8.84. The molecule has 0 saturated heterocycles. The molecule has 0 amide bonds. The molecule has 0 spiro atoms. The summed E-state index contributed by atoms with van der Waals surface area (Å²) in [7, 11) is 1.82. The molecule has 2 aromatic rings. The van der Waals surface area contributed by atoms with Crippen LogP contribution in [0.4, 0.5) is 0 Å². The van der Waals surface area contributed by atoms with Crippen molar-refractivity contribution in [3.63, 3.8) is 0 Å². The number of hydrogen-bond donors (Lipinski definition) is 1. The molecule has 0 aromatic carbocycles. The summed E-state index contributed by atoms with van der Waals surface area (Å²) in [5, 5.41) is 13.4. The number of carboxylic acid groups (broad SMARTS) is 1. The normalized spacial score (nSPS) is 15.6. The van der Waals surface area contributed by atoms with Crippen molar-refractivity contribution in [2.24, 2.45) is 7.05 Å². The molecule has 0 unspecified atom stereocenters. The van der Waals surface area contributed by atoms with E-state index in [0.29, 0.717) is 11.5 Å². The highest BCUT2D eigenvalue weighted by Crippen LogP contribution is 2.44. The molecule has 0 radical (unpaired) electrons. The number of fused-ring (bicyclic) bond motifs is 1. The number of aromatic carboxylic acids is 1. The minimum atomic E-state index is -0.915. The van der Waals surface area contributed by atoms with Gasteiger partial charge in [-0.15, -0.1) is 0 Å². The third-order valence-corrected chi connectivity index (χ3v) is 2.90. The second-order valence-corrected chi connectivity index (χ2v) is 4.20. The number of aryl methyl sites for hydroxylation is 1. The second kappa shape index (κ2) is 3.04. The summed E-state index contributed by atoms with van der Waals surface area (Å²) in [6.07, 6.45) is 5.36. The molecule has 5 heteroatoms. The fourth-order valence-electron chi connectivity index (χ4n) is 2.05. The van der Waals surface area contributed by atoms with Crippen LogP contribution in [-0.4, -0.2) is 25.8 Å². The van der Waals surface area contributed by atoms with Crippen LogP contribution in [0.5, 0.6) is 0 Å². The summed E-state index contributed by atoms with van der Waals surface area (Å²) in [5.74, 6) is -0.562. The molecule has 0 aliphatic heterocycles. The van der Waals surface area contributed by atoms with E-state index in [1.165, 1.54) is 6.20 Å². The Morgan fingerprint density at radius 1 is 1.56 bits per heavy atom. The third kappa shape index (κ3) is 1.28. The van der Waals surface area contributed by atoms with Crippen molar-refractivity contribution in [1.82, 2.24) is 14.8 Å². The summed E-state index contributed by atoms with van der Waals surface area (Å²) in [6, 6.07) is 0. The van der Waals surface area contributed by atoms with E-state index in [-0.39, 0.29) is 0 Å². The molecule has 2 heterocycles. The number of hydrogen-bond acceptors (Lipinski definition) is 3. The smallest absolute Gasteiger partial charge is 0.337 e. The maximum Gasteiger partial charge on any atom is 0.337 e. The van der Waals surface area contributed by atoms with E-state index in [2.05, 4.69) is 10.1 Å². The molecule has 0 bridgehead atoms. The second-order valence-electron chi connectivity index (χ2n) is 4.20. The Morgan fingerprint density at radius 2 is 2.31 bits per heavy atom. The third-order valence-electron chi connectivity index (χ3n) is 2.90. The lowest BCUT2D eigenvalue weighted by molar-refractivity contribution is 0.0695. The van der Waals surface area contributed by atoms with Crippen LogP contribution in [0.1, 0.15) is 34.7 Å². The van der Waals surface area contributed by atoms with Gasteiger partial charge < -0.3 is 5.11 Å². The quantitative estimate of drug-likeness (QED) is 0.828. The van der Waals surface area contributed by atoms with Crippen LogP contribution in [0.25, 0.3) is 11.0 Å². The molecule has 82 valence electrons. The fourth-order valence-corrected chi connectivity index (χ4v) is 2.05. The average molecular weight is 217 g/mol. The summed E-state index contributed by atoms with van der Waals surface area (Å²) < 4.78 is 1.68. The highest BCUT2D eigenvalue weighted by Gasteiger charge is 2.31. The van der Waals surface area contributed by atoms with Crippen molar-refractivity contribution in [3.05, 3.63) is 23.5 Å². The van der Waals surface area contributed by atoms with Gasteiger partial charge in [-0.25, -0.2) is 4.79 Å². The molecule has 3 rings (SSSR count). The van der Waals surface area contributed by atoms with Gasteiger partial charge >= 0.3 is 5.97 Å².